The summed E-state index contributed by atoms with van der Waals surface area (Å²) in [5.74, 6) is 0.909. The lowest BCUT2D eigenvalue weighted by molar-refractivity contribution is -0.124. The number of halogens is 1. The fraction of sp³-hybridized carbons (Fsp3) is 0.611. The van der Waals surface area contributed by atoms with Crippen molar-refractivity contribution in [1.82, 2.24) is 5.32 Å². The zero-order chi connectivity index (χ0) is 16.0. The zero-order valence-corrected chi connectivity index (χ0v) is 15.0. The first-order valence-corrected chi connectivity index (χ1v) is 8.22. The topological polar surface area (TPSA) is 64.3 Å². The van der Waals surface area contributed by atoms with E-state index in [2.05, 4.69) is 5.32 Å². The van der Waals surface area contributed by atoms with Gasteiger partial charge in [0.1, 0.15) is 5.75 Å². The number of ether oxygens (including phenoxy) is 1. The number of nitrogens with one attached hydrogen (secondary N) is 1. The number of amides is 1. The summed E-state index contributed by atoms with van der Waals surface area (Å²) in [5, 5.41) is 3.10. The monoisotopic (exact) mass is 340 g/mol. The van der Waals surface area contributed by atoms with Gasteiger partial charge in [0.05, 0.1) is 13.2 Å². The molecule has 1 amide bonds. The lowest BCUT2D eigenvalue weighted by Gasteiger charge is -2.36. The van der Waals surface area contributed by atoms with Crippen molar-refractivity contribution < 1.29 is 9.53 Å². The van der Waals surface area contributed by atoms with Gasteiger partial charge in [-0.05, 0) is 49.4 Å². The van der Waals surface area contributed by atoms with Crippen LogP contribution in [0.4, 0.5) is 0 Å². The number of carbonyl (C=O) groups excluding carboxylic acids is 1. The van der Waals surface area contributed by atoms with E-state index in [0.29, 0.717) is 13.0 Å². The van der Waals surface area contributed by atoms with Crippen LogP contribution in [0.1, 0.15) is 57.1 Å². The van der Waals surface area contributed by atoms with Crippen molar-refractivity contribution in [1.29, 1.82) is 0 Å². The molecule has 1 fully saturated rings. The van der Waals surface area contributed by atoms with Gasteiger partial charge in [-0.25, -0.2) is 0 Å². The zero-order valence-electron chi connectivity index (χ0n) is 14.1. The van der Waals surface area contributed by atoms with E-state index in [1.54, 1.807) is 7.11 Å². The summed E-state index contributed by atoms with van der Waals surface area (Å²) in [7, 11) is 1.65. The summed E-state index contributed by atoms with van der Waals surface area (Å²) in [5.41, 5.74) is 7.03. The molecule has 1 atom stereocenters. The van der Waals surface area contributed by atoms with Crippen LogP contribution in [0.25, 0.3) is 0 Å². The fourth-order valence-electron chi connectivity index (χ4n) is 3.38. The quantitative estimate of drug-likeness (QED) is 0.831. The van der Waals surface area contributed by atoms with E-state index in [-0.39, 0.29) is 29.8 Å². The highest BCUT2D eigenvalue weighted by molar-refractivity contribution is 5.85. The molecule has 0 heterocycles. The molecule has 0 spiro atoms. The first kappa shape index (κ1) is 19.8. The van der Waals surface area contributed by atoms with Crippen LogP contribution in [0.15, 0.2) is 24.3 Å². The Morgan fingerprint density at radius 3 is 2.65 bits per heavy atom. The van der Waals surface area contributed by atoms with Gasteiger partial charge >= 0.3 is 0 Å². The van der Waals surface area contributed by atoms with E-state index in [1.165, 1.54) is 19.3 Å². The molecular weight excluding hydrogens is 312 g/mol. The Kier molecular flexibility index (Phi) is 7.86. The summed E-state index contributed by atoms with van der Waals surface area (Å²) in [6.07, 6.45) is 6.34. The van der Waals surface area contributed by atoms with Crippen molar-refractivity contribution in [2.24, 2.45) is 11.1 Å². The van der Waals surface area contributed by atoms with Crippen LogP contribution in [-0.4, -0.2) is 19.6 Å². The molecule has 3 N–H and O–H groups in total. The molecule has 23 heavy (non-hydrogen) atoms. The molecule has 0 saturated heterocycles. The predicted octanol–water partition coefficient (Wildman–Crippen LogP) is 3.59. The maximum atomic E-state index is 12.4. The predicted molar refractivity (Wildman–Crippen MR) is 96.0 cm³/mol. The van der Waals surface area contributed by atoms with E-state index in [0.717, 1.165) is 24.2 Å². The van der Waals surface area contributed by atoms with E-state index in [4.69, 9.17) is 10.5 Å². The SMILES string of the molecule is COc1cccc(C(C)NC(=O)CC2(CN)CCCCC2)c1.Cl. The average Bonchev–Trinajstić information content (AvgIpc) is 2.55. The molecule has 1 saturated carbocycles. The normalized spacial score (nSPS) is 17.7. The first-order valence-electron chi connectivity index (χ1n) is 8.22. The summed E-state index contributed by atoms with van der Waals surface area (Å²) in [4.78, 5) is 12.4. The molecule has 4 nitrogen and oxygen atoms in total. The van der Waals surface area contributed by atoms with Crippen molar-refractivity contribution in [2.75, 3.05) is 13.7 Å². The molecule has 1 aromatic rings. The minimum Gasteiger partial charge on any atom is -0.497 e. The molecule has 2 rings (SSSR count). The minimum absolute atomic E-state index is 0. The molecule has 0 aromatic heterocycles. The molecule has 130 valence electrons. The molecule has 1 aliphatic carbocycles. The van der Waals surface area contributed by atoms with Crippen LogP contribution in [-0.2, 0) is 4.79 Å². The van der Waals surface area contributed by atoms with Crippen LogP contribution >= 0.6 is 12.4 Å². The Morgan fingerprint density at radius 2 is 2.04 bits per heavy atom. The van der Waals surface area contributed by atoms with Gasteiger partial charge in [-0.15, -0.1) is 12.4 Å². The van der Waals surface area contributed by atoms with Crippen molar-refractivity contribution in [3.63, 3.8) is 0 Å². The molecule has 1 unspecified atom stereocenters. The number of carbonyl (C=O) groups is 1. The highest BCUT2D eigenvalue weighted by Crippen LogP contribution is 2.38. The highest BCUT2D eigenvalue weighted by atomic mass is 35.5. The summed E-state index contributed by atoms with van der Waals surface area (Å²) >= 11 is 0. The standard InChI is InChI=1S/C18H28N2O2.ClH/c1-14(15-7-6-8-16(11-15)22-2)20-17(21)12-18(13-19)9-4-3-5-10-18;/h6-8,11,14H,3-5,9-10,12-13,19H2,1-2H3,(H,20,21);1H. The first-order chi connectivity index (χ1) is 10.6. The third-order valence-corrected chi connectivity index (χ3v) is 4.85. The minimum atomic E-state index is -0.0268. The van der Waals surface area contributed by atoms with Crippen molar-refractivity contribution in [3.8, 4) is 5.75 Å². The number of hydrogen-bond donors (Lipinski definition) is 2. The number of benzene rings is 1. The Bertz CT molecular complexity index is 502. The third-order valence-electron chi connectivity index (χ3n) is 4.85. The lowest BCUT2D eigenvalue weighted by atomic mass is 9.71. The van der Waals surface area contributed by atoms with Crippen LogP contribution in [0.2, 0.25) is 0 Å². The van der Waals surface area contributed by atoms with Crippen LogP contribution in [0.3, 0.4) is 0 Å². The number of methoxy groups -OCH3 is 1. The van der Waals surface area contributed by atoms with Gasteiger partial charge in [0, 0.05) is 6.42 Å². The Morgan fingerprint density at radius 1 is 1.35 bits per heavy atom. The number of rotatable bonds is 6. The average molecular weight is 341 g/mol. The van der Waals surface area contributed by atoms with E-state index in [9.17, 15) is 4.79 Å². The fourth-order valence-corrected chi connectivity index (χ4v) is 3.38. The second kappa shape index (κ2) is 9.14. The molecule has 1 aliphatic rings. The second-order valence-electron chi connectivity index (χ2n) is 6.51. The summed E-state index contributed by atoms with van der Waals surface area (Å²) < 4.78 is 5.24. The van der Waals surface area contributed by atoms with Gasteiger partial charge in [-0.3, -0.25) is 4.79 Å². The molecular formula is C18H29ClN2O2. The highest BCUT2D eigenvalue weighted by Gasteiger charge is 2.33. The van der Waals surface area contributed by atoms with Gasteiger partial charge in [-0.1, -0.05) is 31.4 Å². The molecule has 0 aliphatic heterocycles. The van der Waals surface area contributed by atoms with Gasteiger partial charge in [-0.2, -0.15) is 0 Å². The van der Waals surface area contributed by atoms with Crippen LogP contribution in [0.5, 0.6) is 5.75 Å². The van der Waals surface area contributed by atoms with Gasteiger partial charge < -0.3 is 15.8 Å². The van der Waals surface area contributed by atoms with E-state index in [1.807, 2.05) is 31.2 Å². The maximum absolute atomic E-state index is 12.4. The van der Waals surface area contributed by atoms with Gasteiger partial charge in [0.25, 0.3) is 0 Å². The molecule has 5 heteroatoms. The Balaban J connectivity index is 0.00000264. The molecule has 0 radical (unpaired) electrons. The summed E-state index contributed by atoms with van der Waals surface area (Å²) in [6.45, 7) is 2.61. The third kappa shape index (κ3) is 5.40. The Hall–Kier alpha value is -1.26. The van der Waals surface area contributed by atoms with Crippen LogP contribution in [0, 0.1) is 5.41 Å². The number of nitrogens with two attached hydrogens (primary N) is 1. The van der Waals surface area contributed by atoms with Crippen molar-refractivity contribution in [2.45, 2.75) is 51.5 Å². The van der Waals surface area contributed by atoms with Crippen molar-refractivity contribution >= 4 is 18.3 Å². The van der Waals surface area contributed by atoms with E-state index < -0.39 is 0 Å². The molecule has 1 aromatic carbocycles. The van der Waals surface area contributed by atoms with Crippen molar-refractivity contribution in [3.05, 3.63) is 29.8 Å². The van der Waals surface area contributed by atoms with Gasteiger partial charge in [0.15, 0.2) is 0 Å². The number of hydrogen-bond acceptors (Lipinski definition) is 3. The smallest absolute Gasteiger partial charge is 0.221 e. The Labute approximate surface area is 145 Å². The maximum Gasteiger partial charge on any atom is 0.221 e. The van der Waals surface area contributed by atoms with Gasteiger partial charge in [0.2, 0.25) is 5.91 Å². The molecule has 0 bridgehead atoms. The summed E-state index contributed by atoms with van der Waals surface area (Å²) in [6, 6.07) is 7.79. The van der Waals surface area contributed by atoms with E-state index >= 15 is 0 Å². The second-order valence-corrected chi connectivity index (χ2v) is 6.51. The lowest BCUT2D eigenvalue weighted by Crippen LogP contribution is -2.39. The largest absolute Gasteiger partial charge is 0.497 e. The van der Waals surface area contributed by atoms with Crippen LogP contribution < -0.4 is 15.8 Å².